The molecule has 1 aromatic heterocycles. The largest absolute Gasteiger partial charge is 0.364 e. The minimum atomic E-state index is 0.356. The van der Waals surface area contributed by atoms with E-state index in [0.29, 0.717) is 11.5 Å². The molecule has 0 bridgehead atoms. The first-order valence-corrected chi connectivity index (χ1v) is 11.5. The number of hydrogen-bond donors (Lipinski definition) is 3. The van der Waals surface area contributed by atoms with Crippen molar-refractivity contribution in [3.8, 4) is 0 Å². The summed E-state index contributed by atoms with van der Waals surface area (Å²) in [7, 11) is 3.00. The SMILES string of the molecule is C=C1N(Cc2nc3ccccc3n2N)C2CCCCC2C12CCCCC2.CN.CN. The van der Waals surface area contributed by atoms with Crippen molar-refractivity contribution in [2.24, 2.45) is 22.8 Å². The summed E-state index contributed by atoms with van der Waals surface area (Å²) in [5.41, 5.74) is 12.7. The average Bonchev–Trinajstić information content (AvgIpc) is 3.25. The van der Waals surface area contributed by atoms with Crippen molar-refractivity contribution in [3.05, 3.63) is 42.4 Å². The summed E-state index contributed by atoms with van der Waals surface area (Å²) < 4.78 is 1.78. The molecule has 0 amide bonds. The third-order valence-electron chi connectivity index (χ3n) is 7.49. The van der Waals surface area contributed by atoms with Gasteiger partial charge in [0, 0.05) is 17.2 Å². The highest BCUT2D eigenvalue weighted by atomic mass is 15.4. The van der Waals surface area contributed by atoms with Gasteiger partial charge in [-0.25, -0.2) is 9.66 Å². The van der Waals surface area contributed by atoms with Crippen LogP contribution >= 0.6 is 0 Å². The Morgan fingerprint density at radius 1 is 1.00 bits per heavy atom. The number of likely N-dealkylation sites (tertiary alicyclic amines) is 1. The first-order chi connectivity index (χ1) is 14.7. The smallest absolute Gasteiger partial charge is 0.147 e. The van der Waals surface area contributed by atoms with Crippen LogP contribution in [0.25, 0.3) is 11.0 Å². The molecule has 3 fully saturated rings. The van der Waals surface area contributed by atoms with E-state index in [1.807, 2.05) is 18.2 Å². The van der Waals surface area contributed by atoms with Gasteiger partial charge < -0.3 is 22.2 Å². The van der Waals surface area contributed by atoms with Crippen molar-refractivity contribution in [3.63, 3.8) is 0 Å². The van der Waals surface area contributed by atoms with E-state index in [2.05, 4.69) is 29.0 Å². The van der Waals surface area contributed by atoms with Gasteiger partial charge in [0.05, 0.1) is 17.6 Å². The molecule has 3 aliphatic rings. The monoisotopic (exact) mass is 412 g/mol. The molecule has 2 atom stereocenters. The first-order valence-electron chi connectivity index (χ1n) is 11.5. The number of hydrogen-bond acceptors (Lipinski definition) is 5. The molecular weight excluding hydrogens is 372 g/mol. The van der Waals surface area contributed by atoms with E-state index in [1.54, 1.807) is 4.68 Å². The lowest BCUT2D eigenvalue weighted by Crippen LogP contribution is -2.37. The van der Waals surface area contributed by atoms with E-state index in [9.17, 15) is 0 Å². The van der Waals surface area contributed by atoms with Crippen LogP contribution in [0, 0.1) is 11.3 Å². The molecule has 2 aliphatic carbocycles. The summed E-state index contributed by atoms with van der Waals surface area (Å²) in [6.07, 6.45) is 12.2. The molecule has 2 unspecified atom stereocenters. The van der Waals surface area contributed by atoms with Crippen LogP contribution in [0.1, 0.15) is 63.6 Å². The number of nitrogens with zero attached hydrogens (tertiary/aromatic N) is 3. The normalized spacial score (nSPS) is 24.7. The summed E-state index contributed by atoms with van der Waals surface area (Å²) in [6.45, 7) is 5.46. The first kappa shape index (κ1) is 22.6. The molecule has 6 heteroatoms. The second-order valence-corrected chi connectivity index (χ2v) is 8.64. The van der Waals surface area contributed by atoms with Crippen molar-refractivity contribution in [2.45, 2.75) is 70.4 Å². The van der Waals surface area contributed by atoms with Gasteiger partial charge in [0.2, 0.25) is 0 Å². The molecule has 2 aromatic rings. The number of benzene rings is 1. The van der Waals surface area contributed by atoms with Crippen LogP contribution in [0.4, 0.5) is 0 Å². The van der Waals surface area contributed by atoms with Gasteiger partial charge in [-0.15, -0.1) is 0 Å². The van der Waals surface area contributed by atoms with E-state index < -0.39 is 0 Å². The second-order valence-electron chi connectivity index (χ2n) is 8.64. The summed E-state index contributed by atoms with van der Waals surface area (Å²) in [4.78, 5) is 7.43. The van der Waals surface area contributed by atoms with Gasteiger partial charge in [0.1, 0.15) is 5.82 Å². The number of nitrogens with two attached hydrogens (primary N) is 3. The van der Waals surface area contributed by atoms with Crippen LogP contribution in [-0.4, -0.2) is 34.7 Å². The molecule has 0 radical (unpaired) electrons. The maximum absolute atomic E-state index is 6.40. The van der Waals surface area contributed by atoms with E-state index in [-0.39, 0.29) is 0 Å². The maximum atomic E-state index is 6.40. The number of allylic oxidation sites excluding steroid dienone is 1. The van der Waals surface area contributed by atoms with Crippen molar-refractivity contribution >= 4 is 11.0 Å². The van der Waals surface area contributed by atoms with Gasteiger partial charge in [-0.2, -0.15) is 0 Å². The molecule has 1 spiro atoms. The molecule has 30 heavy (non-hydrogen) atoms. The van der Waals surface area contributed by atoms with Crippen molar-refractivity contribution in [1.82, 2.24) is 14.6 Å². The van der Waals surface area contributed by atoms with Gasteiger partial charge >= 0.3 is 0 Å². The van der Waals surface area contributed by atoms with E-state index >= 15 is 0 Å². The van der Waals surface area contributed by atoms with E-state index in [0.717, 1.165) is 29.3 Å². The second kappa shape index (κ2) is 9.84. The minimum Gasteiger partial charge on any atom is -0.364 e. The Hall–Kier alpha value is -2.05. The Bertz CT molecular complexity index is 835. The third-order valence-corrected chi connectivity index (χ3v) is 7.49. The number of fused-ring (bicyclic) bond motifs is 3. The van der Waals surface area contributed by atoms with Gasteiger partial charge in [-0.05, 0) is 57.8 Å². The van der Waals surface area contributed by atoms with Crippen LogP contribution in [0.5, 0.6) is 0 Å². The fourth-order valence-electron chi connectivity index (χ4n) is 6.24. The van der Waals surface area contributed by atoms with Crippen LogP contribution in [-0.2, 0) is 6.54 Å². The Labute approximate surface area is 181 Å². The van der Waals surface area contributed by atoms with Gasteiger partial charge in [-0.3, -0.25) is 0 Å². The van der Waals surface area contributed by atoms with E-state index in [4.69, 9.17) is 10.8 Å². The topological polar surface area (TPSA) is 99.1 Å². The predicted molar refractivity (Wildman–Crippen MR) is 126 cm³/mol. The molecule has 1 saturated heterocycles. The van der Waals surface area contributed by atoms with Gasteiger partial charge in [0.25, 0.3) is 0 Å². The number of imidazole rings is 1. The molecule has 6 N–H and O–H groups in total. The summed E-state index contributed by atoms with van der Waals surface area (Å²) in [5.74, 6) is 8.15. The van der Waals surface area contributed by atoms with Crippen molar-refractivity contribution in [1.29, 1.82) is 0 Å². The number of para-hydroxylation sites is 2. The zero-order chi connectivity index (χ0) is 21.7. The summed E-state index contributed by atoms with van der Waals surface area (Å²) in [5, 5.41) is 0. The minimum absolute atomic E-state index is 0.356. The van der Waals surface area contributed by atoms with Crippen LogP contribution in [0.15, 0.2) is 36.5 Å². The lowest BCUT2D eigenvalue weighted by molar-refractivity contribution is 0.117. The van der Waals surface area contributed by atoms with Crippen molar-refractivity contribution in [2.75, 3.05) is 19.9 Å². The number of aromatic nitrogens is 2. The number of rotatable bonds is 2. The lowest BCUT2D eigenvalue weighted by Gasteiger charge is -2.41. The molecule has 5 rings (SSSR count). The Morgan fingerprint density at radius 2 is 1.67 bits per heavy atom. The quantitative estimate of drug-likeness (QED) is 0.653. The molecular formula is C24H40N6. The van der Waals surface area contributed by atoms with Crippen LogP contribution in [0.3, 0.4) is 0 Å². The summed E-state index contributed by atoms with van der Waals surface area (Å²) in [6, 6.07) is 8.79. The maximum Gasteiger partial charge on any atom is 0.147 e. The molecule has 2 saturated carbocycles. The highest BCUT2D eigenvalue weighted by Crippen LogP contribution is 2.59. The van der Waals surface area contributed by atoms with Crippen LogP contribution < -0.4 is 17.3 Å². The fourth-order valence-corrected chi connectivity index (χ4v) is 6.24. The zero-order valence-electron chi connectivity index (χ0n) is 18.8. The lowest BCUT2D eigenvalue weighted by atomic mass is 9.62. The fraction of sp³-hybridized carbons (Fsp3) is 0.625. The third kappa shape index (κ3) is 3.71. The van der Waals surface area contributed by atoms with Gasteiger partial charge in [-0.1, -0.05) is 50.8 Å². The predicted octanol–water partition coefficient (Wildman–Crippen LogP) is 3.74. The highest BCUT2D eigenvalue weighted by Gasteiger charge is 2.55. The van der Waals surface area contributed by atoms with Crippen molar-refractivity contribution < 1.29 is 0 Å². The Morgan fingerprint density at radius 3 is 2.37 bits per heavy atom. The summed E-state index contributed by atoms with van der Waals surface area (Å²) >= 11 is 0. The Kier molecular flexibility index (Phi) is 7.42. The molecule has 1 aromatic carbocycles. The Balaban J connectivity index is 0.000000606. The standard InChI is InChI=1S/C22H30N4.2CH5N/c1-16-22(13-7-2-8-14-22)17-9-3-5-11-19(17)25(16)15-21-24-18-10-4-6-12-20(18)26(21)23;2*1-2/h4,6,10,12,17,19H,1-3,5,7-9,11,13-15,23H2;2*2H2,1H3. The average molecular weight is 413 g/mol. The molecule has 2 heterocycles. The van der Waals surface area contributed by atoms with E-state index in [1.165, 1.54) is 77.6 Å². The number of nitrogen functional groups attached to an aromatic ring is 1. The molecule has 6 nitrogen and oxygen atoms in total. The zero-order valence-corrected chi connectivity index (χ0v) is 18.8. The molecule has 166 valence electrons. The van der Waals surface area contributed by atoms with Crippen LogP contribution in [0.2, 0.25) is 0 Å². The van der Waals surface area contributed by atoms with Gasteiger partial charge in [0.15, 0.2) is 0 Å². The molecule has 1 aliphatic heterocycles. The highest BCUT2D eigenvalue weighted by molar-refractivity contribution is 5.75.